The monoisotopic (exact) mass is 447 g/mol. The van der Waals surface area contributed by atoms with Crippen LogP contribution in [-0.2, 0) is 21.4 Å². The Kier molecular flexibility index (Phi) is 6.16. The highest BCUT2D eigenvalue weighted by Crippen LogP contribution is 2.24. The van der Waals surface area contributed by atoms with Gasteiger partial charge in [0.2, 0.25) is 15.9 Å². The Balaban J connectivity index is 1.42. The van der Waals surface area contributed by atoms with E-state index >= 15 is 0 Å². The first-order chi connectivity index (χ1) is 15.4. The molecule has 2 aromatic carbocycles. The van der Waals surface area contributed by atoms with E-state index in [2.05, 4.69) is 15.0 Å². The molecular weight excluding hydrogens is 426 g/mol. The molecule has 0 atom stereocenters. The molecule has 32 heavy (non-hydrogen) atoms. The minimum atomic E-state index is -3.67. The van der Waals surface area contributed by atoms with Gasteiger partial charge in [0.05, 0.1) is 28.9 Å². The molecule has 2 aromatic heterocycles. The maximum Gasteiger partial charge on any atom is 0.248 e. The number of sulfonamides is 1. The van der Waals surface area contributed by atoms with E-state index in [1.165, 1.54) is 24.5 Å². The number of fused-ring (bicyclic) bond motifs is 1. The number of carbonyl (C=O) groups excluding carboxylic acids is 1. The van der Waals surface area contributed by atoms with Gasteiger partial charge in [-0.15, -0.1) is 0 Å². The summed E-state index contributed by atoms with van der Waals surface area (Å²) in [5.74, 6) is 0.229. The van der Waals surface area contributed by atoms with Crippen LogP contribution in [-0.4, -0.2) is 19.3 Å². The molecule has 0 saturated carbocycles. The van der Waals surface area contributed by atoms with E-state index in [1.54, 1.807) is 36.5 Å². The highest BCUT2D eigenvalue weighted by molar-refractivity contribution is 7.89. The van der Waals surface area contributed by atoms with E-state index in [4.69, 9.17) is 4.42 Å². The van der Waals surface area contributed by atoms with E-state index < -0.39 is 10.0 Å². The van der Waals surface area contributed by atoms with Crippen molar-refractivity contribution in [3.63, 3.8) is 0 Å². The molecule has 2 N–H and O–H groups in total. The van der Waals surface area contributed by atoms with Gasteiger partial charge in [0, 0.05) is 17.7 Å². The van der Waals surface area contributed by atoms with Crippen molar-refractivity contribution in [2.75, 3.05) is 5.32 Å². The largest absolute Gasteiger partial charge is 0.468 e. The van der Waals surface area contributed by atoms with Crippen molar-refractivity contribution in [3.05, 3.63) is 96.1 Å². The average molecular weight is 448 g/mol. The molecule has 1 amide bonds. The number of rotatable bonds is 7. The number of carbonyl (C=O) groups is 1. The number of anilines is 1. The van der Waals surface area contributed by atoms with Crippen molar-refractivity contribution in [2.45, 2.75) is 18.4 Å². The van der Waals surface area contributed by atoms with E-state index in [1.807, 2.05) is 31.2 Å². The van der Waals surface area contributed by atoms with Crippen LogP contribution >= 0.6 is 0 Å². The Hall–Kier alpha value is -3.75. The SMILES string of the molecule is Cc1ccc(NC(=O)/C=C/c2ccc(S(=O)(=O)NCc3ccco3)cc2)c2cccnc12. The highest BCUT2D eigenvalue weighted by atomic mass is 32.2. The van der Waals surface area contributed by atoms with Crippen LogP contribution < -0.4 is 10.0 Å². The molecule has 0 radical (unpaired) electrons. The first-order valence-electron chi connectivity index (χ1n) is 9.88. The normalized spacial score (nSPS) is 11.8. The van der Waals surface area contributed by atoms with E-state index in [-0.39, 0.29) is 17.3 Å². The zero-order chi connectivity index (χ0) is 22.6. The molecule has 4 aromatic rings. The lowest BCUT2D eigenvalue weighted by Gasteiger charge is -2.08. The number of benzene rings is 2. The van der Waals surface area contributed by atoms with Crippen molar-refractivity contribution in [3.8, 4) is 0 Å². The fourth-order valence-electron chi connectivity index (χ4n) is 3.19. The van der Waals surface area contributed by atoms with Crippen LogP contribution in [0.1, 0.15) is 16.9 Å². The lowest BCUT2D eigenvalue weighted by atomic mass is 10.1. The Bertz CT molecular complexity index is 1380. The van der Waals surface area contributed by atoms with Gasteiger partial charge >= 0.3 is 0 Å². The Morgan fingerprint density at radius 2 is 1.88 bits per heavy atom. The van der Waals surface area contributed by atoms with Gasteiger partial charge in [0.25, 0.3) is 0 Å². The number of nitrogens with one attached hydrogen (secondary N) is 2. The van der Waals surface area contributed by atoms with E-state index in [9.17, 15) is 13.2 Å². The zero-order valence-corrected chi connectivity index (χ0v) is 18.1. The lowest BCUT2D eigenvalue weighted by molar-refractivity contribution is -0.111. The Morgan fingerprint density at radius 3 is 2.62 bits per heavy atom. The van der Waals surface area contributed by atoms with Crippen molar-refractivity contribution in [1.29, 1.82) is 0 Å². The van der Waals surface area contributed by atoms with Gasteiger partial charge in [-0.1, -0.05) is 18.2 Å². The molecule has 4 rings (SSSR count). The molecule has 0 aliphatic heterocycles. The minimum Gasteiger partial charge on any atom is -0.468 e. The summed E-state index contributed by atoms with van der Waals surface area (Å²) in [7, 11) is -3.67. The van der Waals surface area contributed by atoms with Crippen LogP contribution in [0.15, 0.2) is 88.5 Å². The molecule has 0 saturated heterocycles. The number of hydrogen-bond donors (Lipinski definition) is 2. The van der Waals surface area contributed by atoms with Crippen LogP contribution in [0.4, 0.5) is 5.69 Å². The van der Waals surface area contributed by atoms with Crippen LogP contribution in [0, 0.1) is 6.92 Å². The summed E-state index contributed by atoms with van der Waals surface area (Å²) in [6, 6.07) is 17.1. The summed E-state index contributed by atoms with van der Waals surface area (Å²) < 4.78 is 32.4. The first kappa shape index (κ1) is 21.5. The first-order valence-corrected chi connectivity index (χ1v) is 11.4. The Morgan fingerprint density at radius 1 is 1.06 bits per heavy atom. The summed E-state index contributed by atoms with van der Waals surface area (Å²) in [6.07, 6.45) is 6.23. The molecule has 0 unspecified atom stereocenters. The predicted molar refractivity (Wildman–Crippen MR) is 123 cm³/mol. The molecule has 0 aliphatic carbocycles. The van der Waals surface area contributed by atoms with Crippen molar-refractivity contribution >= 4 is 38.6 Å². The molecule has 8 heteroatoms. The van der Waals surface area contributed by atoms with Gasteiger partial charge in [0.1, 0.15) is 5.76 Å². The second-order valence-electron chi connectivity index (χ2n) is 7.13. The molecule has 0 aliphatic rings. The third kappa shape index (κ3) is 4.93. The average Bonchev–Trinajstić information content (AvgIpc) is 3.33. The zero-order valence-electron chi connectivity index (χ0n) is 17.3. The topological polar surface area (TPSA) is 101 Å². The van der Waals surface area contributed by atoms with E-state index in [0.29, 0.717) is 17.0 Å². The lowest BCUT2D eigenvalue weighted by Crippen LogP contribution is -2.22. The highest BCUT2D eigenvalue weighted by Gasteiger charge is 2.14. The smallest absolute Gasteiger partial charge is 0.248 e. The fourth-order valence-corrected chi connectivity index (χ4v) is 4.18. The number of hydrogen-bond acceptors (Lipinski definition) is 5. The molecule has 0 bridgehead atoms. The molecule has 7 nitrogen and oxygen atoms in total. The number of nitrogens with zero attached hydrogens (tertiary/aromatic N) is 1. The standard InChI is InChI=1S/C24H21N3O4S/c1-17-6-12-22(21-5-2-14-25-24(17)21)27-23(28)13-9-18-7-10-20(11-8-18)32(29,30)26-16-19-4-3-15-31-19/h2-15,26H,16H2,1H3,(H,27,28)/b13-9+. The summed E-state index contributed by atoms with van der Waals surface area (Å²) in [5, 5.41) is 3.73. The number of amides is 1. The maximum absolute atomic E-state index is 12.4. The third-order valence-corrected chi connectivity index (χ3v) is 6.28. The molecule has 0 fully saturated rings. The van der Waals surface area contributed by atoms with Gasteiger partial charge in [-0.25, -0.2) is 13.1 Å². The summed E-state index contributed by atoms with van der Waals surface area (Å²) in [6.45, 7) is 2.04. The molecular formula is C24H21N3O4S. The van der Waals surface area contributed by atoms with Gasteiger partial charge in [-0.05, 0) is 66.6 Å². The van der Waals surface area contributed by atoms with Crippen molar-refractivity contribution in [2.24, 2.45) is 0 Å². The van der Waals surface area contributed by atoms with Crippen LogP contribution in [0.25, 0.3) is 17.0 Å². The van der Waals surface area contributed by atoms with Gasteiger partial charge < -0.3 is 9.73 Å². The number of pyridine rings is 1. The Labute approximate surface area is 185 Å². The van der Waals surface area contributed by atoms with Gasteiger partial charge in [-0.2, -0.15) is 0 Å². The van der Waals surface area contributed by atoms with Gasteiger partial charge in [-0.3, -0.25) is 9.78 Å². The predicted octanol–water partition coefficient (Wildman–Crippen LogP) is 4.27. The number of furan rings is 1. The number of aromatic nitrogens is 1. The second kappa shape index (κ2) is 9.17. The second-order valence-corrected chi connectivity index (χ2v) is 8.89. The van der Waals surface area contributed by atoms with Gasteiger partial charge in [0.15, 0.2) is 0 Å². The minimum absolute atomic E-state index is 0.0698. The number of aryl methyl sites for hydroxylation is 1. The quantitative estimate of drug-likeness (QED) is 0.412. The van der Waals surface area contributed by atoms with Crippen LogP contribution in [0.2, 0.25) is 0 Å². The van der Waals surface area contributed by atoms with E-state index in [0.717, 1.165) is 16.5 Å². The molecule has 0 spiro atoms. The third-order valence-electron chi connectivity index (χ3n) is 4.86. The summed E-state index contributed by atoms with van der Waals surface area (Å²) >= 11 is 0. The molecule has 162 valence electrons. The maximum atomic E-state index is 12.4. The van der Waals surface area contributed by atoms with Crippen molar-refractivity contribution < 1.29 is 17.6 Å². The molecule has 2 heterocycles. The summed E-state index contributed by atoms with van der Waals surface area (Å²) in [5.41, 5.74) is 3.24. The summed E-state index contributed by atoms with van der Waals surface area (Å²) in [4.78, 5) is 16.9. The van der Waals surface area contributed by atoms with Crippen LogP contribution in [0.5, 0.6) is 0 Å². The van der Waals surface area contributed by atoms with Crippen molar-refractivity contribution in [1.82, 2.24) is 9.71 Å². The van der Waals surface area contributed by atoms with Crippen LogP contribution in [0.3, 0.4) is 0 Å². The fraction of sp³-hybridized carbons (Fsp3) is 0.0833.